The summed E-state index contributed by atoms with van der Waals surface area (Å²) < 4.78 is 87.1. The molecule has 0 radical (unpaired) electrons. The predicted molar refractivity (Wildman–Crippen MR) is 157 cm³/mol. The molecule has 1 aromatic heterocycles. The lowest BCUT2D eigenvalue weighted by atomic mass is 10.0. The van der Waals surface area contributed by atoms with Crippen LogP contribution in [0.5, 0.6) is 0 Å². The van der Waals surface area contributed by atoms with Crippen LogP contribution in [0, 0.1) is 5.92 Å². The van der Waals surface area contributed by atoms with Crippen LogP contribution in [-0.4, -0.2) is 42.1 Å². The molecule has 0 amide bonds. The molecular formula is C32H38F6N4O. The number of pyridine rings is 1. The summed E-state index contributed by atoms with van der Waals surface area (Å²) in [7, 11) is 0. The summed E-state index contributed by atoms with van der Waals surface area (Å²) in [6.45, 7) is 8.11. The van der Waals surface area contributed by atoms with E-state index >= 15 is 0 Å². The molecule has 0 unspecified atom stereocenters. The van der Waals surface area contributed by atoms with Gasteiger partial charge in [0.2, 0.25) is 0 Å². The number of alkyl halides is 6. The van der Waals surface area contributed by atoms with Crippen LogP contribution in [0.25, 0.3) is 10.9 Å². The van der Waals surface area contributed by atoms with Crippen molar-refractivity contribution in [2.75, 3.05) is 31.1 Å². The van der Waals surface area contributed by atoms with E-state index in [-0.39, 0.29) is 37.3 Å². The third kappa shape index (κ3) is 8.12. The fourth-order valence-corrected chi connectivity index (χ4v) is 5.65. The predicted octanol–water partition coefficient (Wildman–Crippen LogP) is 8.70. The molecular weight excluding hydrogens is 570 g/mol. The van der Waals surface area contributed by atoms with Crippen molar-refractivity contribution in [3.63, 3.8) is 0 Å². The van der Waals surface area contributed by atoms with Crippen molar-refractivity contribution in [3.8, 4) is 0 Å². The zero-order valence-corrected chi connectivity index (χ0v) is 24.7. The minimum Gasteiger partial charge on any atom is -0.463 e. The van der Waals surface area contributed by atoms with Crippen molar-refractivity contribution in [1.29, 1.82) is 0 Å². The first-order valence-electron chi connectivity index (χ1n) is 14.9. The highest BCUT2D eigenvalue weighted by atomic mass is 19.4. The van der Waals surface area contributed by atoms with Gasteiger partial charge in [-0.3, -0.25) is 0 Å². The summed E-state index contributed by atoms with van der Waals surface area (Å²) >= 11 is 0. The molecule has 1 aliphatic heterocycles. The van der Waals surface area contributed by atoms with Crippen LogP contribution in [0.15, 0.2) is 53.5 Å². The van der Waals surface area contributed by atoms with Gasteiger partial charge >= 0.3 is 12.4 Å². The minimum absolute atomic E-state index is 0.140. The molecule has 1 aliphatic carbocycles. The van der Waals surface area contributed by atoms with Crippen molar-refractivity contribution in [3.05, 3.63) is 70.8 Å². The van der Waals surface area contributed by atoms with Crippen LogP contribution < -0.4 is 4.90 Å². The number of rotatable bonds is 8. The fourth-order valence-electron chi connectivity index (χ4n) is 5.65. The van der Waals surface area contributed by atoms with Crippen LogP contribution in [0.4, 0.5) is 32.2 Å². The largest absolute Gasteiger partial charge is 0.463 e. The number of aliphatic imine (C=N–C) groups is 1. The van der Waals surface area contributed by atoms with E-state index < -0.39 is 23.5 Å². The van der Waals surface area contributed by atoms with E-state index in [1.54, 1.807) is 4.90 Å². The van der Waals surface area contributed by atoms with Gasteiger partial charge in [0.05, 0.1) is 29.7 Å². The highest BCUT2D eigenvalue weighted by molar-refractivity contribution is 5.82. The summed E-state index contributed by atoms with van der Waals surface area (Å²) in [5, 5.41) is 0.885. The summed E-state index contributed by atoms with van der Waals surface area (Å²) in [5.74, 6) is 1.29. The highest BCUT2D eigenvalue weighted by Gasteiger charge is 2.37. The summed E-state index contributed by atoms with van der Waals surface area (Å²) in [6.07, 6.45) is -5.18. The van der Waals surface area contributed by atoms with Crippen LogP contribution in [-0.2, 0) is 30.2 Å². The molecule has 0 atom stereocenters. The van der Waals surface area contributed by atoms with Crippen molar-refractivity contribution >= 4 is 22.7 Å². The van der Waals surface area contributed by atoms with Crippen LogP contribution >= 0.6 is 0 Å². The number of nitrogens with zero attached hydrogens (tertiary/aromatic N) is 4. The number of fused-ring (bicyclic) bond motifs is 1. The first-order chi connectivity index (χ1) is 20.5. The lowest BCUT2D eigenvalue weighted by Crippen LogP contribution is -2.34. The Hall–Kier alpha value is -3.50. The first kappa shape index (κ1) is 32.4. The molecule has 0 saturated heterocycles. The molecule has 234 valence electrons. The van der Waals surface area contributed by atoms with Gasteiger partial charge in [0.25, 0.3) is 6.02 Å². The van der Waals surface area contributed by atoms with Gasteiger partial charge in [-0.1, -0.05) is 44.9 Å². The maximum atomic E-state index is 13.6. The van der Waals surface area contributed by atoms with Crippen molar-refractivity contribution < 1.29 is 31.1 Å². The Kier molecular flexibility index (Phi) is 10.4. The number of para-hydroxylation sites is 1. The Morgan fingerprint density at radius 3 is 2.09 bits per heavy atom. The summed E-state index contributed by atoms with van der Waals surface area (Å²) in [5.41, 5.74) is -1.23. The molecule has 2 aromatic carbocycles. The summed E-state index contributed by atoms with van der Waals surface area (Å²) in [4.78, 5) is 13.2. The molecule has 1 saturated carbocycles. The second kappa shape index (κ2) is 13.9. The second-order valence-electron chi connectivity index (χ2n) is 10.6. The normalized spacial score (nSPS) is 15.6. The average molecular weight is 609 g/mol. The van der Waals surface area contributed by atoms with Gasteiger partial charge in [0, 0.05) is 30.6 Å². The lowest BCUT2D eigenvalue weighted by molar-refractivity contribution is -0.143. The van der Waals surface area contributed by atoms with E-state index in [0.29, 0.717) is 19.0 Å². The monoisotopic (exact) mass is 608 g/mol. The van der Waals surface area contributed by atoms with Crippen molar-refractivity contribution in [2.24, 2.45) is 10.9 Å². The molecule has 0 spiro atoms. The van der Waals surface area contributed by atoms with Gasteiger partial charge in [-0.2, -0.15) is 26.3 Å². The highest BCUT2D eigenvalue weighted by Crippen LogP contribution is 2.37. The van der Waals surface area contributed by atoms with E-state index in [9.17, 15) is 26.3 Å². The van der Waals surface area contributed by atoms with Gasteiger partial charge in [-0.15, -0.1) is 0 Å². The third-order valence-corrected chi connectivity index (χ3v) is 7.64. The van der Waals surface area contributed by atoms with Gasteiger partial charge in [0.15, 0.2) is 0 Å². The van der Waals surface area contributed by atoms with Gasteiger partial charge < -0.3 is 14.5 Å². The quantitative estimate of drug-likeness (QED) is 0.240. The van der Waals surface area contributed by atoms with E-state index in [4.69, 9.17) is 9.72 Å². The molecule has 2 aliphatic rings. The Labute approximate surface area is 248 Å². The molecule has 5 nitrogen and oxygen atoms in total. The number of benzene rings is 2. The number of ether oxygens (including phenoxy) is 1. The minimum atomic E-state index is -4.93. The Bertz CT molecular complexity index is 1370. The molecule has 11 heteroatoms. The van der Waals surface area contributed by atoms with Gasteiger partial charge in [0.1, 0.15) is 12.4 Å². The molecule has 5 rings (SSSR count). The smallest absolute Gasteiger partial charge is 0.416 e. The third-order valence-electron chi connectivity index (χ3n) is 7.64. The zero-order valence-electron chi connectivity index (χ0n) is 24.7. The van der Waals surface area contributed by atoms with Gasteiger partial charge in [-0.25, -0.2) is 9.98 Å². The number of hydrogen-bond acceptors (Lipinski definition) is 5. The number of anilines is 1. The molecule has 0 bridgehead atoms. The van der Waals surface area contributed by atoms with Crippen molar-refractivity contribution in [2.45, 2.75) is 71.9 Å². The fraction of sp³-hybridized carbons (Fsp3) is 0.500. The maximum absolute atomic E-state index is 13.6. The van der Waals surface area contributed by atoms with Crippen LogP contribution in [0.1, 0.15) is 68.7 Å². The summed E-state index contributed by atoms with van der Waals surface area (Å²) in [6, 6.07) is 11.5. The van der Waals surface area contributed by atoms with E-state index in [1.807, 2.05) is 44.2 Å². The molecule has 0 N–H and O–H groups in total. The Balaban J connectivity index is 0.00000207. The molecule has 3 aromatic rings. The molecule has 43 heavy (non-hydrogen) atoms. The van der Waals surface area contributed by atoms with Crippen molar-refractivity contribution in [1.82, 2.24) is 9.88 Å². The first-order valence-corrected chi connectivity index (χ1v) is 14.9. The number of amidine groups is 1. The Morgan fingerprint density at radius 2 is 1.51 bits per heavy atom. The van der Waals surface area contributed by atoms with E-state index in [2.05, 4.69) is 16.8 Å². The second-order valence-corrected chi connectivity index (χ2v) is 10.6. The Morgan fingerprint density at radius 1 is 0.860 bits per heavy atom. The van der Waals surface area contributed by atoms with E-state index in [1.165, 1.54) is 12.8 Å². The maximum Gasteiger partial charge on any atom is 0.416 e. The number of halogens is 6. The lowest BCUT2D eigenvalue weighted by Gasteiger charge is -2.30. The number of hydrogen-bond donors (Lipinski definition) is 0. The molecule has 2 heterocycles. The van der Waals surface area contributed by atoms with Gasteiger partial charge in [-0.05, 0) is 61.6 Å². The van der Waals surface area contributed by atoms with Crippen LogP contribution in [0.2, 0.25) is 0 Å². The average Bonchev–Trinajstić information content (AvgIpc) is 3.70. The number of aromatic nitrogens is 1. The molecule has 1 fully saturated rings. The zero-order chi connectivity index (χ0) is 31.2. The topological polar surface area (TPSA) is 41.0 Å². The van der Waals surface area contributed by atoms with E-state index in [0.717, 1.165) is 53.8 Å². The standard InChI is InChI=1S/C30H32F6N4O.C2H6/c1-2-39(17-20-7-3-4-8-20)27-23(15-22-9-5-6-10-26(22)38-27)19-40(28-37-11-12-41-28)18-21-13-24(29(31,32)33)16-25(14-21)30(34,35)36;1-2/h5-6,9-10,13-16,20H,2-4,7-8,11-12,17-19H2,1H3;1-2H3. The van der Waals surface area contributed by atoms with Crippen LogP contribution in [0.3, 0.4) is 0 Å². The SMILES string of the molecule is CC.CCN(CC1CCCC1)c1nc2ccccc2cc1CN(Cc1cc(C(F)(F)F)cc(C(F)(F)F)c1)C1=NCCO1.